The molecule has 1 N–H and O–H groups in total. The highest BCUT2D eigenvalue weighted by Gasteiger charge is 2.27. The Morgan fingerprint density at radius 3 is 2.86 bits per heavy atom. The SMILES string of the molecule is CCCN(CC1CC1)C(=O)c1ccc(F)cc1C#CCO. The molecule has 1 aromatic carbocycles. The lowest BCUT2D eigenvalue weighted by Gasteiger charge is -2.22. The first-order valence-corrected chi connectivity index (χ1v) is 7.34. The normalized spacial score (nSPS) is 13.5. The molecule has 21 heavy (non-hydrogen) atoms. The summed E-state index contributed by atoms with van der Waals surface area (Å²) in [7, 11) is 0. The molecule has 0 atom stereocenters. The molecule has 0 spiro atoms. The van der Waals surface area contributed by atoms with Crippen molar-refractivity contribution >= 4 is 5.91 Å². The van der Waals surface area contributed by atoms with Crippen LogP contribution >= 0.6 is 0 Å². The molecular formula is C17H20FNO2. The fourth-order valence-electron chi connectivity index (χ4n) is 2.27. The van der Waals surface area contributed by atoms with Crippen LogP contribution in [0.4, 0.5) is 4.39 Å². The van der Waals surface area contributed by atoms with Gasteiger partial charge in [0.25, 0.3) is 5.91 Å². The number of aliphatic hydroxyl groups is 1. The third-order valence-corrected chi connectivity index (χ3v) is 3.47. The first-order chi connectivity index (χ1) is 10.2. The molecule has 1 amide bonds. The zero-order valence-electron chi connectivity index (χ0n) is 12.2. The topological polar surface area (TPSA) is 40.5 Å². The lowest BCUT2D eigenvalue weighted by molar-refractivity contribution is 0.0747. The van der Waals surface area contributed by atoms with Gasteiger partial charge in [-0.2, -0.15) is 0 Å². The summed E-state index contributed by atoms with van der Waals surface area (Å²) >= 11 is 0. The van der Waals surface area contributed by atoms with Crippen molar-refractivity contribution in [2.24, 2.45) is 5.92 Å². The molecule has 0 unspecified atom stereocenters. The Morgan fingerprint density at radius 2 is 2.24 bits per heavy atom. The van der Waals surface area contributed by atoms with Gasteiger partial charge >= 0.3 is 0 Å². The van der Waals surface area contributed by atoms with E-state index in [9.17, 15) is 9.18 Å². The molecule has 2 rings (SSSR count). The monoisotopic (exact) mass is 289 g/mol. The van der Waals surface area contributed by atoms with E-state index in [1.54, 1.807) is 0 Å². The average Bonchev–Trinajstić information content (AvgIpc) is 3.28. The van der Waals surface area contributed by atoms with E-state index in [1.165, 1.54) is 31.0 Å². The highest BCUT2D eigenvalue weighted by Crippen LogP contribution is 2.30. The second kappa shape index (κ2) is 7.24. The third-order valence-electron chi connectivity index (χ3n) is 3.47. The van der Waals surface area contributed by atoms with Gasteiger partial charge in [0, 0.05) is 18.7 Å². The highest BCUT2D eigenvalue weighted by molar-refractivity contribution is 5.96. The van der Waals surface area contributed by atoms with Crippen LogP contribution < -0.4 is 0 Å². The van der Waals surface area contributed by atoms with Crippen molar-refractivity contribution in [3.05, 3.63) is 35.1 Å². The van der Waals surface area contributed by atoms with Crippen LogP contribution in [-0.4, -0.2) is 35.6 Å². The summed E-state index contributed by atoms with van der Waals surface area (Å²) in [4.78, 5) is 14.5. The Bertz CT molecular complexity index is 570. The molecule has 0 heterocycles. The maximum absolute atomic E-state index is 13.4. The fraction of sp³-hybridized carbons (Fsp3) is 0.471. The van der Waals surface area contributed by atoms with Crippen molar-refractivity contribution in [2.75, 3.05) is 19.7 Å². The molecule has 4 heteroatoms. The zero-order chi connectivity index (χ0) is 15.2. The lowest BCUT2D eigenvalue weighted by Crippen LogP contribution is -2.34. The molecule has 1 saturated carbocycles. The van der Waals surface area contributed by atoms with Gasteiger partial charge in [-0.15, -0.1) is 0 Å². The van der Waals surface area contributed by atoms with E-state index in [2.05, 4.69) is 11.8 Å². The van der Waals surface area contributed by atoms with Crippen LogP contribution in [0.1, 0.15) is 42.1 Å². The Balaban J connectivity index is 2.26. The predicted molar refractivity (Wildman–Crippen MR) is 79.3 cm³/mol. The molecular weight excluding hydrogens is 269 g/mol. The van der Waals surface area contributed by atoms with Crippen LogP contribution in [0.25, 0.3) is 0 Å². The Labute approximate surface area is 124 Å². The maximum atomic E-state index is 13.4. The number of nitrogens with zero attached hydrogens (tertiary/aromatic N) is 1. The van der Waals surface area contributed by atoms with E-state index in [1.807, 2.05) is 11.8 Å². The standard InChI is InChI=1S/C17H20FNO2/c1-2-9-19(12-13-5-6-13)17(21)16-8-7-15(18)11-14(16)4-3-10-20/h7-8,11,13,20H,2,5-6,9-10,12H2,1H3. The minimum atomic E-state index is -0.432. The van der Waals surface area contributed by atoms with Crippen molar-refractivity contribution in [3.63, 3.8) is 0 Å². The van der Waals surface area contributed by atoms with Crippen LogP contribution in [0.15, 0.2) is 18.2 Å². The number of carbonyl (C=O) groups is 1. The molecule has 1 aliphatic carbocycles. The Kier molecular flexibility index (Phi) is 5.35. The highest BCUT2D eigenvalue weighted by atomic mass is 19.1. The van der Waals surface area contributed by atoms with Gasteiger partial charge in [-0.05, 0) is 43.4 Å². The zero-order valence-corrected chi connectivity index (χ0v) is 12.2. The van der Waals surface area contributed by atoms with Gasteiger partial charge in [-0.3, -0.25) is 4.79 Å². The van der Waals surface area contributed by atoms with Crippen molar-refractivity contribution in [1.29, 1.82) is 0 Å². The summed E-state index contributed by atoms with van der Waals surface area (Å²) in [5.74, 6) is 5.21. The Hall–Kier alpha value is -1.86. The van der Waals surface area contributed by atoms with Crippen LogP contribution in [-0.2, 0) is 0 Å². The van der Waals surface area contributed by atoms with Crippen molar-refractivity contribution in [1.82, 2.24) is 4.90 Å². The number of benzene rings is 1. The van der Waals surface area contributed by atoms with Gasteiger partial charge in [0.15, 0.2) is 0 Å². The van der Waals surface area contributed by atoms with Gasteiger partial charge in [0.2, 0.25) is 0 Å². The largest absolute Gasteiger partial charge is 0.384 e. The molecule has 1 aromatic rings. The number of hydrogen-bond donors (Lipinski definition) is 1. The van der Waals surface area contributed by atoms with Gasteiger partial charge in [-0.1, -0.05) is 18.8 Å². The van der Waals surface area contributed by atoms with E-state index in [-0.39, 0.29) is 12.5 Å². The van der Waals surface area contributed by atoms with Gasteiger partial charge in [-0.25, -0.2) is 4.39 Å². The van der Waals surface area contributed by atoms with Crippen molar-refractivity contribution < 1.29 is 14.3 Å². The maximum Gasteiger partial charge on any atom is 0.255 e. The molecule has 3 nitrogen and oxygen atoms in total. The average molecular weight is 289 g/mol. The molecule has 1 aliphatic rings. The summed E-state index contributed by atoms with van der Waals surface area (Å²) < 4.78 is 13.4. The summed E-state index contributed by atoms with van der Waals surface area (Å²) in [6.07, 6.45) is 3.24. The van der Waals surface area contributed by atoms with Crippen LogP contribution in [0.3, 0.4) is 0 Å². The third kappa shape index (κ3) is 4.30. The van der Waals surface area contributed by atoms with E-state index in [4.69, 9.17) is 5.11 Å². The molecule has 1 fully saturated rings. The second-order valence-electron chi connectivity index (χ2n) is 5.34. The first-order valence-electron chi connectivity index (χ1n) is 7.34. The fourth-order valence-corrected chi connectivity index (χ4v) is 2.27. The smallest absolute Gasteiger partial charge is 0.255 e. The predicted octanol–water partition coefficient (Wildman–Crippen LogP) is 2.43. The van der Waals surface area contributed by atoms with E-state index in [0.717, 1.165) is 13.0 Å². The number of hydrogen-bond acceptors (Lipinski definition) is 2. The van der Waals surface area contributed by atoms with Gasteiger partial charge in [0.1, 0.15) is 12.4 Å². The minimum absolute atomic E-state index is 0.106. The molecule has 0 aliphatic heterocycles. The molecule has 0 aromatic heterocycles. The van der Waals surface area contributed by atoms with Crippen molar-refractivity contribution in [3.8, 4) is 11.8 Å². The van der Waals surface area contributed by atoms with Gasteiger partial charge < -0.3 is 10.0 Å². The summed E-state index contributed by atoms with van der Waals surface area (Å²) in [6, 6.07) is 4.00. The number of halogens is 1. The van der Waals surface area contributed by atoms with Crippen LogP contribution in [0.2, 0.25) is 0 Å². The summed E-state index contributed by atoms with van der Waals surface area (Å²) in [5, 5.41) is 8.78. The number of aliphatic hydroxyl groups excluding tert-OH is 1. The van der Waals surface area contributed by atoms with Crippen molar-refractivity contribution in [2.45, 2.75) is 26.2 Å². The summed E-state index contributed by atoms with van der Waals surface area (Å²) in [6.45, 7) is 3.17. The van der Waals surface area contributed by atoms with Crippen LogP contribution in [0.5, 0.6) is 0 Å². The van der Waals surface area contributed by atoms with E-state index >= 15 is 0 Å². The number of amides is 1. The Morgan fingerprint density at radius 1 is 1.48 bits per heavy atom. The number of carbonyl (C=O) groups excluding carboxylic acids is 1. The first kappa shape index (κ1) is 15.5. The summed E-state index contributed by atoms with van der Waals surface area (Å²) in [5.41, 5.74) is 0.748. The van der Waals surface area contributed by atoms with Crippen LogP contribution in [0, 0.1) is 23.6 Å². The molecule has 0 radical (unpaired) electrons. The second-order valence-corrected chi connectivity index (χ2v) is 5.34. The number of rotatable bonds is 5. The lowest BCUT2D eigenvalue weighted by atomic mass is 10.1. The van der Waals surface area contributed by atoms with E-state index < -0.39 is 5.82 Å². The quantitative estimate of drug-likeness (QED) is 0.846. The molecule has 0 bridgehead atoms. The minimum Gasteiger partial charge on any atom is -0.384 e. The van der Waals surface area contributed by atoms with E-state index in [0.29, 0.717) is 23.6 Å². The van der Waals surface area contributed by atoms with Gasteiger partial charge in [0.05, 0.1) is 5.56 Å². The molecule has 0 saturated heterocycles. The molecule has 112 valence electrons.